The summed E-state index contributed by atoms with van der Waals surface area (Å²) in [6.07, 6.45) is 4.81. The molecule has 182 valence electrons. The summed E-state index contributed by atoms with van der Waals surface area (Å²) in [5.41, 5.74) is 0.949. The van der Waals surface area contributed by atoms with Crippen molar-refractivity contribution in [1.29, 1.82) is 0 Å². The van der Waals surface area contributed by atoms with Gasteiger partial charge in [-0.15, -0.1) is 0 Å². The molecule has 0 spiro atoms. The summed E-state index contributed by atoms with van der Waals surface area (Å²) in [7, 11) is -3.74. The fourth-order valence-electron chi connectivity index (χ4n) is 3.09. The van der Waals surface area contributed by atoms with Gasteiger partial charge in [0.15, 0.2) is 5.82 Å². The van der Waals surface area contributed by atoms with E-state index in [1.165, 1.54) is 12.1 Å². The Labute approximate surface area is 202 Å². The number of amides is 1. The molecule has 0 aliphatic heterocycles. The predicted molar refractivity (Wildman–Crippen MR) is 130 cm³/mol. The van der Waals surface area contributed by atoms with E-state index in [1.54, 1.807) is 23.1 Å². The molecule has 0 aliphatic carbocycles. The molecule has 10 nitrogen and oxygen atoms in total. The maximum absolute atomic E-state index is 15.4. The van der Waals surface area contributed by atoms with E-state index in [-0.39, 0.29) is 34.1 Å². The minimum absolute atomic E-state index is 0.0185. The first-order chi connectivity index (χ1) is 16.0. The summed E-state index contributed by atoms with van der Waals surface area (Å²) in [4.78, 5) is 19.3. The third kappa shape index (κ3) is 6.20. The first-order valence-corrected chi connectivity index (χ1v) is 12.6. The lowest BCUT2D eigenvalue weighted by Crippen LogP contribution is -2.31. The van der Waals surface area contributed by atoms with Gasteiger partial charge in [-0.1, -0.05) is 11.6 Å². The third-order valence-corrected chi connectivity index (χ3v) is 5.51. The molecule has 3 rings (SSSR count). The summed E-state index contributed by atoms with van der Waals surface area (Å²) in [6.45, 7) is 6.05. The summed E-state index contributed by atoms with van der Waals surface area (Å²) < 4.78 is 42.6. The molecule has 2 heterocycles. The summed E-state index contributed by atoms with van der Waals surface area (Å²) in [5.74, 6) is -0.502. The quantitative estimate of drug-likeness (QED) is 0.357. The molecule has 2 aromatic heterocycles. The topological polar surface area (TPSA) is 131 Å². The summed E-state index contributed by atoms with van der Waals surface area (Å²) in [5, 5.41) is 10.3. The zero-order valence-electron chi connectivity index (χ0n) is 19.0. The molecule has 1 aromatic carbocycles. The molecular weight excluding hydrogens is 485 g/mol. The Hall–Kier alpha value is -3.25. The van der Waals surface area contributed by atoms with Crippen LogP contribution in [0.4, 0.5) is 16.0 Å². The van der Waals surface area contributed by atoms with Crippen LogP contribution < -0.4 is 15.4 Å². The minimum atomic E-state index is -3.74. The number of carbonyl (C=O) groups excluding carboxylic acids is 1. The van der Waals surface area contributed by atoms with E-state index in [4.69, 9.17) is 11.6 Å². The standard InChI is InChI=1S/C21H25ClFN7O3S/c1-12(2)30-10-16(17-5-6-24-21(27-17)25-9-13(3)26-11-31)20(28-30)15-7-14(22)8-18(19(15)23)29-34(4,32)33/h5-8,10-13,29H,9H2,1-4H3,(H,26,31)(H,24,25,27)/t13-/m0/s1. The molecule has 13 heteroatoms. The van der Waals surface area contributed by atoms with Crippen molar-refractivity contribution in [2.45, 2.75) is 32.9 Å². The van der Waals surface area contributed by atoms with E-state index in [0.717, 1.165) is 6.26 Å². The van der Waals surface area contributed by atoms with Crippen LogP contribution in [0.15, 0.2) is 30.6 Å². The maximum atomic E-state index is 15.4. The van der Waals surface area contributed by atoms with Crippen LogP contribution in [-0.2, 0) is 14.8 Å². The molecule has 0 unspecified atom stereocenters. The van der Waals surface area contributed by atoms with Crippen molar-refractivity contribution in [1.82, 2.24) is 25.1 Å². The highest BCUT2D eigenvalue weighted by Gasteiger charge is 2.22. The van der Waals surface area contributed by atoms with Crippen LogP contribution in [0.1, 0.15) is 26.8 Å². The van der Waals surface area contributed by atoms with Crippen molar-refractivity contribution in [2.24, 2.45) is 0 Å². The molecule has 0 bridgehead atoms. The zero-order valence-corrected chi connectivity index (χ0v) is 20.6. The lowest BCUT2D eigenvalue weighted by molar-refractivity contribution is -0.110. The van der Waals surface area contributed by atoms with Crippen LogP contribution in [0.2, 0.25) is 5.02 Å². The Kier molecular flexibility index (Phi) is 7.72. The van der Waals surface area contributed by atoms with E-state index < -0.39 is 15.8 Å². The number of anilines is 2. The number of halogens is 2. The van der Waals surface area contributed by atoms with Gasteiger partial charge in [0.05, 0.1) is 17.6 Å². The van der Waals surface area contributed by atoms with E-state index in [9.17, 15) is 13.2 Å². The fraction of sp³-hybridized carbons (Fsp3) is 0.333. The highest BCUT2D eigenvalue weighted by Crippen LogP contribution is 2.37. The Morgan fingerprint density at radius 2 is 1.97 bits per heavy atom. The molecule has 0 aliphatic rings. The van der Waals surface area contributed by atoms with Gasteiger partial charge >= 0.3 is 0 Å². The van der Waals surface area contributed by atoms with Crippen LogP contribution in [0.25, 0.3) is 22.5 Å². The van der Waals surface area contributed by atoms with Gasteiger partial charge in [0.2, 0.25) is 22.4 Å². The monoisotopic (exact) mass is 509 g/mol. The number of carbonyl (C=O) groups is 1. The van der Waals surface area contributed by atoms with Crippen molar-refractivity contribution >= 4 is 39.7 Å². The first-order valence-electron chi connectivity index (χ1n) is 10.3. The van der Waals surface area contributed by atoms with Crippen molar-refractivity contribution < 1.29 is 17.6 Å². The Morgan fingerprint density at radius 1 is 1.24 bits per heavy atom. The van der Waals surface area contributed by atoms with Gasteiger partial charge in [-0.3, -0.25) is 14.2 Å². The summed E-state index contributed by atoms with van der Waals surface area (Å²) >= 11 is 6.19. The van der Waals surface area contributed by atoms with Crippen molar-refractivity contribution in [3.05, 3.63) is 41.4 Å². The number of hydrogen-bond acceptors (Lipinski definition) is 7. The molecular formula is C21H25ClFN7O3S. The maximum Gasteiger partial charge on any atom is 0.229 e. The third-order valence-electron chi connectivity index (χ3n) is 4.70. The van der Waals surface area contributed by atoms with E-state index in [2.05, 4.69) is 30.4 Å². The second kappa shape index (κ2) is 10.3. The molecule has 3 aromatic rings. The van der Waals surface area contributed by atoms with Gasteiger partial charge in [0.1, 0.15) is 5.69 Å². The number of nitrogens with one attached hydrogen (secondary N) is 3. The Balaban J connectivity index is 2.10. The first kappa shape index (κ1) is 25.4. The lowest BCUT2D eigenvalue weighted by atomic mass is 10.0. The molecule has 1 amide bonds. The molecule has 34 heavy (non-hydrogen) atoms. The van der Waals surface area contributed by atoms with Crippen LogP contribution >= 0.6 is 11.6 Å². The molecule has 1 atom stereocenters. The lowest BCUT2D eigenvalue weighted by Gasteiger charge is -2.12. The number of hydrogen-bond donors (Lipinski definition) is 3. The van der Waals surface area contributed by atoms with Gasteiger partial charge in [0, 0.05) is 47.2 Å². The van der Waals surface area contributed by atoms with E-state index in [1.807, 2.05) is 20.8 Å². The number of rotatable bonds is 10. The van der Waals surface area contributed by atoms with Crippen LogP contribution in [-0.4, -0.2) is 53.4 Å². The number of benzene rings is 1. The van der Waals surface area contributed by atoms with Gasteiger partial charge in [-0.25, -0.2) is 22.8 Å². The number of aromatic nitrogens is 4. The van der Waals surface area contributed by atoms with Crippen LogP contribution in [0, 0.1) is 5.82 Å². The number of nitrogens with zero attached hydrogens (tertiary/aromatic N) is 4. The van der Waals surface area contributed by atoms with Crippen LogP contribution in [0.3, 0.4) is 0 Å². The zero-order chi connectivity index (χ0) is 25.0. The Morgan fingerprint density at radius 3 is 2.62 bits per heavy atom. The average molecular weight is 510 g/mol. The van der Waals surface area contributed by atoms with Crippen molar-refractivity contribution in [3.8, 4) is 22.5 Å². The summed E-state index contributed by atoms with van der Waals surface area (Å²) in [6, 6.07) is 4.04. The van der Waals surface area contributed by atoms with Crippen molar-refractivity contribution in [2.75, 3.05) is 22.8 Å². The van der Waals surface area contributed by atoms with Gasteiger partial charge in [-0.2, -0.15) is 5.10 Å². The van der Waals surface area contributed by atoms with Gasteiger partial charge < -0.3 is 10.6 Å². The normalized spacial score (nSPS) is 12.4. The second-order valence-electron chi connectivity index (χ2n) is 7.99. The highest BCUT2D eigenvalue weighted by molar-refractivity contribution is 7.92. The Bertz CT molecular complexity index is 1300. The average Bonchev–Trinajstić information content (AvgIpc) is 3.20. The molecule has 0 saturated heterocycles. The molecule has 3 N–H and O–H groups in total. The fourth-order valence-corrected chi connectivity index (χ4v) is 3.86. The van der Waals surface area contributed by atoms with E-state index >= 15 is 4.39 Å². The second-order valence-corrected chi connectivity index (χ2v) is 10.2. The number of sulfonamides is 1. The molecule has 0 radical (unpaired) electrons. The predicted octanol–water partition coefficient (Wildman–Crippen LogP) is 3.30. The van der Waals surface area contributed by atoms with Crippen LogP contribution in [0.5, 0.6) is 0 Å². The van der Waals surface area contributed by atoms with E-state index in [0.29, 0.717) is 30.2 Å². The molecule has 0 fully saturated rings. The van der Waals surface area contributed by atoms with Gasteiger partial charge in [0.25, 0.3) is 0 Å². The van der Waals surface area contributed by atoms with Crippen molar-refractivity contribution in [3.63, 3.8) is 0 Å². The van der Waals surface area contributed by atoms with Gasteiger partial charge in [-0.05, 0) is 39.0 Å². The molecule has 0 saturated carbocycles. The highest BCUT2D eigenvalue weighted by atomic mass is 35.5. The SMILES string of the molecule is CC(C)n1cc(-c2ccnc(NC[C@H](C)NC=O)n2)c(-c2cc(Cl)cc(NS(C)(=O)=O)c2F)n1. The largest absolute Gasteiger partial charge is 0.354 e. The smallest absolute Gasteiger partial charge is 0.229 e. The minimum Gasteiger partial charge on any atom is -0.354 e.